The molecule has 0 aromatic carbocycles. The van der Waals surface area contributed by atoms with Crippen LogP contribution in [0.1, 0.15) is 18.7 Å². The fourth-order valence-electron chi connectivity index (χ4n) is 4.60. The van der Waals surface area contributed by atoms with Crippen molar-refractivity contribution in [2.75, 3.05) is 18.6 Å². The number of aromatic nitrogens is 2. The van der Waals surface area contributed by atoms with Gasteiger partial charge in [-0.3, -0.25) is 4.79 Å². The zero-order chi connectivity index (χ0) is 21.9. The zero-order valence-electron chi connectivity index (χ0n) is 17.2. The molecule has 0 saturated carbocycles. The number of thiazole rings is 1. The lowest BCUT2D eigenvalue weighted by Crippen LogP contribution is -2.63. The van der Waals surface area contributed by atoms with Gasteiger partial charge in [0, 0.05) is 23.8 Å². The highest BCUT2D eigenvalue weighted by Crippen LogP contribution is 2.51. The molecule has 8 nitrogen and oxygen atoms in total. The number of rotatable bonds is 7. The van der Waals surface area contributed by atoms with Crippen LogP contribution in [-0.2, 0) is 16.6 Å². The van der Waals surface area contributed by atoms with Crippen molar-refractivity contribution in [3.05, 3.63) is 16.8 Å². The standard InChI is InChI=1S/C19H24N4O4S3/c1-8-11(14(18(26)27)23-13(8)12(9(2)24)15(23)25)10-7-22-17(30-10)16(29-6-5-20)21(3)19(22)28-4/h7-9,12-13,24H,5-6,20H2,1-4H3/p+1/t8-,9+,12+,13+/m0/s1. The van der Waals surface area contributed by atoms with Gasteiger partial charge in [0.2, 0.25) is 15.8 Å². The Balaban J connectivity index is 1.86. The Morgan fingerprint density at radius 1 is 1.47 bits per heavy atom. The number of β-lactam (4-membered cyclic amide) rings is 1. The number of aliphatic hydroxyl groups excluding tert-OH is 1. The quantitative estimate of drug-likeness (QED) is 0.318. The highest BCUT2D eigenvalue weighted by molar-refractivity contribution is 7.99. The maximum Gasteiger partial charge on any atom is 0.352 e. The molecule has 4 rings (SSSR count). The number of carboxylic acids is 1. The minimum Gasteiger partial charge on any atom is -0.477 e. The van der Waals surface area contributed by atoms with E-state index in [2.05, 4.69) is 8.97 Å². The second-order valence-electron chi connectivity index (χ2n) is 7.58. The molecule has 30 heavy (non-hydrogen) atoms. The molecule has 2 aromatic rings. The van der Waals surface area contributed by atoms with E-state index in [0.29, 0.717) is 12.1 Å². The van der Waals surface area contributed by atoms with E-state index in [4.69, 9.17) is 5.73 Å². The number of carbonyl (C=O) groups excluding carboxylic acids is 1. The maximum atomic E-state index is 12.6. The van der Waals surface area contributed by atoms with Crippen molar-refractivity contribution >= 4 is 57.1 Å². The molecule has 2 aromatic heterocycles. The van der Waals surface area contributed by atoms with E-state index in [-0.39, 0.29) is 23.6 Å². The first-order chi connectivity index (χ1) is 14.2. The van der Waals surface area contributed by atoms with Crippen molar-refractivity contribution in [1.29, 1.82) is 0 Å². The zero-order valence-corrected chi connectivity index (χ0v) is 19.6. The third kappa shape index (κ3) is 2.94. The van der Waals surface area contributed by atoms with Gasteiger partial charge in [-0.05, 0) is 24.9 Å². The van der Waals surface area contributed by atoms with Crippen LogP contribution in [0.15, 0.2) is 22.1 Å². The van der Waals surface area contributed by atoms with Crippen LogP contribution in [0.3, 0.4) is 0 Å². The molecule has 4 atom stereocenters. The van der Waals surface area contributed by atoms with Crippen molar-refractivity contribution in [3.63, 3.8) is 0 Å². The van der Waals surface area contributed by atoms with Gasteiger partial charge >= 0.3 is 11.1 Å². The summed E-state index contributed by atoms with van der Waals surface area (Å²) in [7, 11) is 2.02. The van der Waals surface area contributed by atoms with Crippen LogP contribution < -0.4 is 10.3 Å². The van der Waals surface area contributed by atoms with Crippen LogP contribution in [0.4, 0.5) is 0 Å². The third-order valence-electron chi connectivity index (χ3n) is 5.83. The Morgan fingerprint density at radius 2 is 2.17 bits per heavy atom. The Labute approximate surface area is 186 Å². The summed E-state index contributed by atoms with van der Waals surface area (Å²) in [4.78, 5) is 28.0. The number of hydrogen-bond donors (Lipinski definition) is 3. The van der Waals surface area contributed by atoms with E-state index in [9.17, 15) is 19.8 Å². The molecule has 1 amide bonds. The lowest BCUT2D eigenvalue weighted by Gasteiger charge is -2.46. The number of carbonyl (C=O) groups is 2. The van der Waals surface area contributed by atoms with Crippen LogP contribution in [0, 0.1) is 11.8 Å². The third-order valence-corrected chi connectivity index (χ3v) is 9.11. The Morgan fingerprint density at radius 3 is 2.73 bits per heavy atom. The molecule has 0 spiro atoms. The summed E-state index contributed by atoms with van der Waals surface area (Å²) >= 11 is 4.83. The van der Waals surface area contributed by atoms with Gasteiger partial charge < -0.3 is 20.8 Å². The monoisotopic (exact) mass is 469 g/mol. The van der Waals surface area contributed by atoms with Crippen molar-refractivity contribution in [2.24, 2.45) is 24.6 Å². The number of amides is 1. The number of aliphatic hydroxyl groups is 1. The Kier molecular flexibility index (Phi) is 5.69. The summed E-state index contributed by atoms with van der Waals surface area (Å²) in [5.41, 5.74) is 6.42. The van der Waals surface area contributed by atoms with Crippen molar-refractivity contribution < 1.29 is 24.4 Å². The fourth-order valence-corrected chi connectivity index (χ4v) is 7.76. The molecule has 1 saturated heterocycles. The molecular formula is C19H25N4O4S3+. The van der Waals surface area contributed by atoms with Crippen molar-refractivity contribution in [2.45, 2.75) is 36.2 Å². The SMILES string of the molecule is CSc1n2cc(C3=C(C(=O)O)N4C(=O)[C@H]([C@@H](C)O)[C@H]4[C@H]3C)sc2c(SCCN)[n+]1C. The first kappa shape index (κ1) is 21.7. The number of hydrogen-bond acceptors (Lipinski definition) is 7. The molecular weight excluding hydrogens is 444 g/mol. The van der Waals surface area contributed by atoms with E-state index in [1.54, 1.807) is 30.4 Å². The van der Waals surface area contributed by atoms with Crippen LogP contribution in [0.25, 0.3) is 10.4 Å². The van der Waals surface area contributed by atoms with E-state index < -0.39 is 18.0 Å². The molecule has 4 N–H and O–H groups in total. The second-order valence-corrected chi connectivity index (χ2v) is 10.5. The molecule has 11 heteroatoms. The average molecular weight is 470 g/mol. The minimum absolute atomic E-state index is 0.0464. The first-order valence-electron chi connectivity index (χ1n) is 9.64. The average Bonchev–Trinajstić information content (AvgIpc) is 3.27. The second kappa shape index (κ2) is 7.86. The molecule has 0 radical (unpaired) electrons. The molecule has 2 aliphatic rings. The van der Waals surface area contributed by atoms with Gasteiger partial charge in [0.05, 0.1) is 30.0 Å². The molecule has 2 aliphatic heterocycles. The lowest BCUT2D eigenvalue weighted by atomic mass is 9.77. The number of nitrogens with zero attached hydrogens (tertiary/aromatic N) is 3. The summed E-state index contributed by atoms with van der Waals surface area (Å²) in [6.07, 6.45) is 3.17. The number of imidazole rings is 1. The van der Waals surface area contributed by atoms with Gasteiger partial charge in [0.1, 0.15) is 11.9 Å². The van der Waals surface area contributed by atoms with Gasteiger partial charge in [0.25, 0.3) is 0 Å². The summed E-state index contributed by atoms with van der Waals surface area (Å²) in [5, 5.41) is 22.1. The van der Waals surface area contributed by atoms with Gasteiger partial charge in [0.15, 0.2) is 0 Å². The summed E-state index contributed by atoms with van der Waals surface area (Å²) in [5.74, 6) is -1.37. The Bertz CT molecular complexity index is 1070. The molecule has 1 fully saturated rings. The topological polar surface area (TPSA) is 112 Å². The van der Waals surface area contributed by atoms with Crippen molar-refractivity contribution in [3.8, 4) is 0 Å². The number of fused-ring (bicyclic) bond motifs is 2. The highest BCUT2D eigenvalue weighted by Gasteiger charge is 2.60. The predicted molar refractivity (Wildman–Crippen MR) is 118 cm³/mol. The number of aliphatic carboxylic acids is 1. The largest absolute Gasteiger partial charge is 0.477 e. The minimum atomic E-state index is -1.11. The van der Waals surface area contributed by atoms with E-state index in [1.807, 2.05) is 26.4 Å². The first-order valence-corrected chi connectivity index (χ1v) is 12.7. The van der Waals surface area contributed by atoms with Crippen molar-refractivity contribution in [1.82, 2.24) is 9.30 Å². The number of carboxylic acid groups (broad SMARTS) is 1. The summed E-state index contributed by atoms with van der Waals surface area (Å²) < 4.78 is 4.22. The van der Waals surface area contributed by atoms with E-state index in [1.165, 1.54) is 16.2 Å². The van der Waals surface area contributed by atoms with Gasteiger partial charge in [-0.2, -0.15) is 4.40 Å². The lowest BCUT2D eigenvalue weighted by molar-refractivity contribution is -0.742. The smallest absolute Gasteiger partial charge is 0.352 e. The molecule has 162 valence electrons. The van der Waals surface area contributed by atoms with Gasteiger partial charge in [-0.1, -0.05) is 30.0 Å². The van der Waals surface area contributed by atoms with Gasteiger partial charge in [-0.15, -0.1) is 0 Å². The van der Waals surface area contributed by atoms with Crippen LogP contribution in [-0.4, -0.2) is 62.1 Å². The normalized spacial score (nSPS) is 24.5. The summed E-state index contributed by atoms with van der Waals surface area (Å²) in [6, 6.07) is -0.317. The number of thioether (sulfide) groups is 2. The highest BCUT2D eigenvalue weighted by atomic mass is 32.2. The molecule has 0 unspecified atom stereocenters. The predicted octanol–water partition coefficient (Wildman–Crippen LogP) is 1.25. The van der Waals surface area contributed by atoms with E-state index >= 15 is 0 Å². The Hall–Kier alpha value is -1.53. The molecule has 0 aliphatic carbocycles. The van der Waals surface area contributed by atoms with Crippen LogP contribution in [0.2, 0.25) is 0 Å². The fraction of sp³-hybridized carbons (Fsp3) is 0.526. The van der Waals surface area contributed by atoms with Gasteiger partial charge in [-0.25, -0.2) is 9.36 Å². The summed E-state index contributed by atoms with van der Waals surface area (Å²) in [6.45, 7) is 4.10. The molecule has 0 bridgehead atoms. The van der Waals surface area contributed by atoms with Crippen LogP contribution >= 0.6 is 34.9 Å². The van der Waals surface area contributed by atoms with Crippen LogP contribution in [0.5, 0.6) is 0 Å². The maximum absolute atomic E-state index is 12.6. The molecule has 4 heterocycles. The number of nitrogens with two attached hydrogens (primary N) is 1. The van der Waals surface area contributed by atoms with E-state index in [0.717, 1.165) is 25.6 Å².